The van der Waals surface area contributed by atoms with Crippen LogP contribution < -0.4 is 4.74 Å². The maximum Gasteiger partial charge on any atom is 0.133 e. The minimum atomic E-state index is 0.381. The second-order valence-electron chi connectivity index (χ2n) is 4.98. The zero-order valence-electron chi connectivity index (χ0n) is 11.7. The fraction of sp³-hybridized carbons (Fsp3) is 0.562. The Morgan fingerprint density at radius 3 is 2.50 bits per heavy atom. The first kappa shape index (κ1) is 14.7. The molecule has 0 saturated carbocycles. The van der Waals surface area contributed by atoms with E-state index in [2.05, 4.69) is 13.8 Å². The maximum absolute atomic E-state index is 11.8. The number of carbonyl (C=O) groups is 1. The number of carbonyl (C=O) groups excluding carboxylic acids is 1. The van der Waals surface area contributed by atoms with Crippen LogP contribution >= 0.6 is 0 Å². The van der Waals surface area contributed by atoms with Crippen LogP contribution in [0.15, 0.2) is 24.3 Å². The standard InChI is InChI=1S/C16H24O2/c1-4-5-13(2)12-15(17)9-6-14-7-10-16(18-3)11-8-14/h7-8,10-11,13H,4-6,9,12H2,1-3H3. The molecule has 0 aliphatic carbocycles. The minimum absolute atomic E-state index is 0.381. The molecule has 1 aromatic rings. The summed E-state index contributed by atoms with van der Waals surface area (Å²) in [5, 5.41) is 0. The van der Waals surface area contributed by atoms with Crippen molar-refractivity contribution in [1.29, 1.82) is 0 Å². The fourth-order valence-corrected chi connectivity index (χ4v) is 2.16. The van der Waals surface area contributed by atoms with Gasteiger partial charge in [0, 0.05) is 12.8 Å². The highest BCUT2D eigenvalue weighted by atomic mass is 16.5. The number of Topliss-reactive ketones (excluding diaryl/α,β-unsaturated/α-hetero) is 1. The van der Waals surface area contributed by atoms with Gasteiger partial charge in [0.15, 0.2) is 0 Å². The molecule has 1 unspecified atom stereocenters. The summed E-state index contributed by atoms with van der Waals surface area (Å²) < 4.78 is 5.11. The summed E-state index contributed by atoms with van der Waals surface area (Å²) in [5.41, 5.74) is 1.20. The lowest BCUT2D eigenvalue weighted by Gasteiger charge is -2.08. The van der Waals surface area contributed by atoms with Crippen molar-refractivity contribution in [2.24, 2.45) is 5.92 Å². The normalized spacial score (nSPS) is 12.2. The monoisotopic (exact) mass is 248 g/mol. The number of ketones is 1. The molecular formula is C16H24O2. The van der Waals surface area contributed by atoms with E-state index >= 15 is 0 Å². The van der Waals surface area contributed by atoms with Gasteiger partial charge in [0.2, 0.25) is 0 Å². The molecule has 0 radical (unpaired) electrons. The minimum Gasteiger partial charge on any atom is -0.497 e. The largest absolute Gasteiger partial charge is 0.497 e. The summed E-state index contributed by atoms with van der Waals surface area (Å²) in [6.07, 6.45) is 4.52. The van der Waals surface area contributed by atoms with E-state index in [0.717, 1.165) is 31.4 Å². The first-order valence-corrected chi connectivity index (χ1v) is 6.80. The van der Waals surface area contributed by atoms with Crippen LogP contribution in [-0.4, -0.2) is 12.9 Å². The molecule has 0 N–H and O–H groups in total. The molecule has 0 aliphatic heterocycles. The molecule has 0 aliphatic rings. The second-order valence-corrected chi connectivity index (χ2v) is 4.98. The van der Waals surface area contributed by atoms with E-state index in [-0.39, 0.29) is 0 Å². The van der Waals surface area contributed by atoms with Crippen molar-refractivity contribution in [1.82, 2.24) is 0 Å². The molecule has 1 rings (SSSR count). The number of ether oxygens (including phenoxy) is 1. The lowest BCUT2D eigenvalue weighted by atomic mass is 9.96. The predicted molar refractivity (Wildman–Crippen MR) is 75.0 cm³/mol. The zero-order chi connectivity index (χ0) is 13.4. The molecule has 18 heavy (non-hydrogen) atoms. The van der Waals surface area contributed by atoms with Gasteiger partial charge in [-0.15, -0.1) is 0 Å². The first-order chi connectivity index (χ1) is 8.65. The van der Waals surface area contributed by atoms with Crippen LogP contribution in [-0.2, 0) is 11.2 Å². The topological polar surface area (TPSA) is 26.3 Å². The van der Waals surface area contributed by atoms with E-state index in [0.29, 0.717) is 18.1 Å². The van der Waals surface area contributed by atoms with Gasteiger partial charge in [-0.25, -0.2) is 0 Å². The van der Waals surface area contributed by atoms with Crippen molar-refractivity contribution in [2.45, 2.75) is 46.0 Å². The van der Waals surface area contributed by atoms with Gasteiger partial charge in [-0.3, -0.25) is 4.79 Å². The van der Waals surface area contributed by atoms with E-state index in [4.69, 9.17) is 4.74 Å². The van der Waals surface area contributed by atoms with E-state index in [1.165, 1.54) is 5.56 Å². The number of benzene rings is 1. The van der Waals surface area contributed by atoms with E-state index < -0.39 is 0 Å². The third-order valence-corrected chi connectivity index (χ3v) is 3.21. The Balaban J connectivity index is 2.33. The summed E-state index contributed by atoms with van der Waals surface area (Å²) >= 11 is 0. The van der Waals surface area contributed by atoms with Crippen LogP contribution in [0.25, 0.3) is 0 Å². The molecule has 0 fully saturated rings. The SMILES string of the molecule is CCCC(C)CC(=O)CCc1ccc(OC)cc1. The Morgan fingerprint density at radius 1 is 1.28 bits per heavy atom. The predicted octanol–water partition coefficient (Wildman–Crippen LogP) is 4.02. The summed E-state index contributed by atoms with van der Waals surface area (Å²) in [6.45, 7) is 4.33. The number of methoxy groups -OCH3 is 1. The average Bonchev–Trinajstić information content (AvgIpc) is 2.37. The molecule has 0 saturated heterocycles. The molecule has 0 spiro atoms. The van der Waals surface area contributed by atoms with Crippen molar-refractivity contribution in [3.8, 4) is 5.75 Å². The van der Waals surface area contributed by atoms with Gasteiger partial charge in [-0.2, -0.15) is 0 Å². The molecule has 0 heterocycles. The van der Waals surface area contributed by atoms with Gasteiger partial charge >= 0.3 is 0 Å². The van der Waals surface area contributed by atoms with Crippen LogP contribution in [0.2, 0.25) is 0 Å². The quantitative estimate of drug-likeness (QED) is 0.694. The van der Waals surface area contributed by atoms with Gasteiger partial charge in [-0.1, -0.05) is 38.8 Å². The summed E-state index contributed by atoms with van der Waals surface area (Å²) in [6, 6.07) is 7.95. The van der Waals surface area contributed by atoms with Crippen molar-refractivity contribution in [3.63, 3.8) is 0 Å². The van der Waals surface area contributed by atoms with E-state index in [1.54, 1.807) is 7.11 Å². The zero-order valence-corrected chi connectivity index (χ0v) is 11.7. The average molecular weight is 248 g/mol. The van der Waals surface area contributed by atoms with Gasteiger partial charge in [-0.05, 0) is 30.0 Å². The van der Waals surface area contributed by atoms with Crippen LogP contribution in [0, 0.1) is 5.92 Å². The third-order valence-electron chi connectivity index (χ3n) is 3.21. The smallest absolute Gasteiger partial charge is 0.133 e. The Morgan fingerprint density at radius 2 is 1.94 bits per heavy atom. The molecule has 100 valence electrons. The molecular weight excluding hydrogens is 224 g/mol. The molecule has 0 bridgehead atoms. The third kappa shape index (κ3) is 5.35. The lowest BCUT2D eigenvalue weighted by molar-refractivity contribution is -0.119. The van der Waals surface area contributed by atoms with E-state index in [1.807, 2.05) is 24.3 Å². The highest BCUT2D eigenvalue weighted by Crippen LogP contribution is 2.15. The summed E-state index contributed by atoms with van der Waals surface area (Å²) in [7, 11) is 1.66. The molecule has 2 heteroatoms. The highest BCUT2D eigenvalue weighted by molar-refractivity contribution is 5.78. The summed E-state index contributed by atoms with van der Waals surface area (Å²) in [4.78, 5) is 11.8. The molecule has 1 aromatic carbocycles. The van der Waals surface area contributed by atoms with E-state index in [9.17, 15) is 4.79 Å². The van der Waals surface area contributed by atoms with Crippen LogP contribution in [0.5, 0.6) is 5.75 Å². The van der Waals surface area contributed by atoms with Gasteiger partial charge in [0.05, 0.1) is 7.11 Å². The van der Waals surface area contributed by atoms with Crippen LogP contribution in [0.4, 0.5) is 0 Å². The summed E-state index contributed by atoms with van der Waals surface area (Å²) in [5.74, 6) is 1.77. The first-order valence-electron chi connectivity index (χ1n) is 6.80. The van der Waals surface area contributed by atoms with Gasteiger partial charge in [0.1, 0.15) is 11.5 Å². The molecule has 2 nitrogen and oxygen atoms in total. The highest BCUT2D eigenvalue weighted by Gasteiger charge is 2.08. The number of hydrogen-bond acceptors (Lipinski definition) is 2. The number of hydrogen-bond donors (Lipinski definition) is 0. The fourth-order valence-electron chi connectivity index (χ4n) is 2.16. The molecule has 1 atom stereocenters. The van der Waals surface area contributed by atoms with Crippen molar-refractivity contribution in [3.05, 3.63) is 29.8 Å². The second kappa shape index (κ2) is 7.91. The maximum atomic E-state index is 11.8. The van der Waals surface area contributed by atoms with Crippen molar-refractivity contribution >= 4 is 5.78 Å². The number of aryl methyl sites for hydroxylation is 1. The Hall–Kier alpha value is -1.31. The lowest BCUT2D eigenvalue weighted by Crippen LogP contribution is -2.06. The van der Waals surface area contributed by atoms with Gasteiger partial charge < -0.3 is 4.74 Å². The van der Waals surface area contributed by atoms with Crippen LogP contribution in [0.1, 0.15) is 45.1 Å². The van der Waals surface area contributed by atoms with Crippen molar-refractivity contribution in [2.75, 3.05) is 7.11 Å². The number of rotatable bonds is 8. The Bertz CT molecular complexity index is 354. The molecule has 0 amide bonds. The Labute approximate surface area is 110 Å². The van der Waals surface area contributed by atoms with Gasteiger partial charge in [0.25, 0.3) is 0 Å². The Kier molecular flexibility index (Phi) is 6.48. The molecule has 0 aromatic heterocycles. The van der Waals surface area contributed by atoms with Crippen LogP contribution in [0.3, 0.4) is 0 Å². The van der Waals surface area contributed by atoms with Crippen molar-refractivity contribution < 1.29 is 9.53 Å².